The summed E-state index contributed by atoms with van der Waals surface area (Å²) in [5.74, 6) is 1.66. The number of aromatic amines is 1. The second-order valence-corrected chi connectivity index (χ2v) is 7.30. The molecule has 0 atom stereocenters. The minimum absolute atomic E-state index is 0.507. The first-order valence-corrected chi connectivity index (χ1v) is 10.6. The average Bonchev–Trinajstić information content (AvgIpc) is 3.19. The number of hydrogen-bond donors (Lipinski definition) is 2. The maximum atomic E-state index is 6.64. The molecule has 0 saturated carbocycles. The van der Waals surface area contributed by atoms with Crippen molar-refractivity contribution in [3.63, 3.8) is 0 Å². The molecule has 166 valence electrons. The summed E-state index contributed by atoms with van der Waals surface area (Å²) in [5, 5.41) is 4.69. The van der Waals surface area contributed by atoms with Gasteiger partial charge in [-0.3, -0.25) is 4.99 Å². The molecule has 0 radical (unpaired) electrons. The van der Waals surface area contributed by atoms with Gasteiger partial charge in [-0.05, 0) is 19.2 Å². The Balaban J connectivity index is 2.11. The number of methoxy groups -OCH3 is 2. The summed E-state index contributed by atoms with van der Waals surface area (Å²) in [4.78, 5) is 19.2. The Morgan fingerprint density at radius 3 is 2.52 bits per heavy atom. The van der Waals surface area contributed by atoms with Gasteiger partial charge in [0.25, 0.3) is 0 Å². The van der Waals surface area contributed by atoms with Gasteiger partial charge in [0.15, 0.2) is 11.5 Å². The number of benzene rings is 1. The van der Waals surface area contributed by atoms with Gasteiger partial charge >= 0.3 is 0 Å². The lowest BCUT2D eigenvalue weighted by molar-refractivity contribution is 0.316. The van der Waals surface area contributed by atoms with Crippen molar-refractivity contribution in [3.8, 4) is 22.8 Å². The summed E-state index contributed by atoms with van der Waals surface area (Å²) in [6.45, 7) is 7.94. The summed E-state index contributed by atoms with van der Waals surface area (Å²) in [6.07, 6.45) is 3.64. The Morgan fingerprint density at radius 2 is 1.87 bits per heavy atom. The maximum absolute atomic E-state index is 6.64. The molecule has 9 heteroatoms. The largest absolute Gasteiger partial charge is 0.493 e. The van der Waals surface area contributed by atoms with E-state index in [1.165, 1.54) is 0 Å². The summed E-state index contributed by atoms with van der Waals surface area (Å²) in [7, 11) is 4.90. The standard InChI is InChI=1S/C22H29ClN6O2/c1-6-29(7-2)9-8-25-22-27-20(19-14(12-24-3)13-26-21(19)28-22)15-10-17(30-4)18(31-5)11-16(15)23/h10-13H,6-9H2,1-5H3,(H2,25,26,27,28). The SMILES string of the molecule is CCN(CC)CCNc1nc(-c2cc(OC)c(OC)cc2Cl)c2c(C=NC)c[nH]c2n1. The molecule has 3 aromatic rings. The lowest BCUT2D eigenvalue weighted by Crippen LogP contribution is -2.29. The van der Waals surface area contributed by atoms with E-state index in [9.17, 15) is 0 Å². The second kappa shape index (κ2) is 10.5. The van der Waals surface area contributed by atoms with Crippen molar-refractivity contribution in [2.24, 2.45) is 4.99 Å². The molecule has 0 aliphatic carbocycles. The van der Waals surface area contributed by atoms with Gasteiger partial charge in [0.1, 0.15) is 5.65 Å². The lowest BCUT2D eigenvalue weighted by Gasteiger charge is -2.18. The fourth-order valence-electron chi connectivity index (χ4n) is 3.47. The normalized spacial score (nSPS) is 11.6. The number of nitrogens with one attached hydrogen (secondary N) is 2. The number of halogens is 1. The molecule has 2 aromatic heterocycles. The third-order valence-electron chi connectivity index (χ3n) is 5.16. The van der Waals surface area contributed by atoms with Gasteiger partial charge in [0.2, 0.25) is 5.95 Å². The van der Waals surface area contributed by atoms with Gasteiger partial charge in [-0.15, -0.1) is 0 Å². The molecule has 0 aliphatic heterocycles. The van der Waals surface area contributed by atoms with Crippen LogP contribution < -0.4 is 14.8 Å². The van der Waals surface area contributed by atoms with E-state index in [4.69, 9.17) is 26.1 Å². The number of ether oxygens (including phenoxy) is 2. The van der Waals surface area contributed by atoms with Crippen LogP contribution in [0.4, 0.5) is 5.95 Å². The van der Waals surface area contributed by atoms with Gasteiger partial charge in [0, 0.05) is 49.7 Å². The number of likely N-dealkylation sites (N-methyl/N-ethyl adjacent to an activating group) is 1. The van der Waals surface area contributed by atoms with E-state index >= 15 is 0 Å². The zero-order valence-electron chi connectivity index (χ0n) is 18.6. The van der Waals surface area contributed by atoms with Crippen LogP contribution in [0.2, 0.25) is 5.02 Å². The van der Waals surface area contributed by atoms with Gasteiger partial charge < -0.3 is 24.7 Å². The topological polar surface area (TPSA) is 87.7 Å². The van der Waals surface area contributed by atoms with Crippen LogP contribution in [0.15, 0.2) is 23.3 Å². The molecule has 1 aromatic carbocycles. The Labute approximate surface area is 187 Å². The smallest absolute Gasteiger partial charge is 0.225 e. The van der Waals surface area contributed by atoms with E-state index in [0.717, 1.165) is 42.7 Å². The molecule has 8 nitrogen and oxygen atoms in total. The van der Waals surface area contributed by atoms with Crippen LogP contribution in [0.1, 0.15) is 19.4 Å². The third-order valence-corrected chi connectivity index (χ3v) is 5.48. The monoisotopic (exact) mass is 444 g/mol. The summed E-state index contributed by atoms with van der Waals surface area (Å²) in [5.41, 5.74) is 3.01. The maximum Gasteiger partial charge on any atom is 0.225 e. The molecule has 0 unspecified atom stereocenters. The Morgan fingerprint density at radius 1 is 1.16 bits per heavy atom. The summed E-state index contributed by atoms with van der Waals surface area (Å²) < 4.78 is 10.9. The number of hydrogen-bond acceptors (Lipinski definition) is 7. The van der Waals surface area contributed by atoms with E-state index in [0.29, 0.717) is 33.8 Å². The van der Waals surface area contributed by atoms with Gasteiger partial charge in [-0.2, -0.15) is 4.98 Å². The van der Waals surface area contributed by atoms with Crippen molar-refractivity contribution in [2.75, 3.05) is 52.8 Å². The summed E-state index contributed by atoms with van der Waals surface area (Å²) in [6, 6.07) is 3.57. The minimum atomic E-state index is 0.507. The van der Waals surface area contributed by atoms with Gasteiger partial charge in [-0.1, -0.05) is 25.4 Å². The van der Waals surface area contributed by atoms with Gasteiger partial charge in [-0.25, -0.2) is 4.98 Å². The van der Waals surface area contributed by atoms with E-state index in [-0.39, 0.29) is 0 Å². The summed E-state index contributed by atoms with van der Waals surface area (Å²) >= 11 is 6.64. The van der Waals surface area contributed by atoms with Crippen molar-refractivity contribution in [1.82, 2.24) is 19.9 Å². The zero-order valence-corrected chi connectivity index (χ0v) is 19.4. The molecule has 2 heterocycles. The first-order valence-electron chi connectivity index (χ1n) is 10.3. The van der Waals surface area contributed by atoms with Crippen LogP contribution in [-0.2, 0) is 0 Å². The van der Waals surface area contributed by atoms with E-state index in [2.05, 4.69) is 39.0 Å². The van der Waals surface area contributed by atoms with Crippen molar-refractivity contribution in [1.29, 1.82) is 0 Å². The van der Waals surface area contributed by atoms with Crippen LogP contribution in [0.5, 0.6) is 11.5 Å². The minimum Gasteiger partial charge on any atom is -0.493 e. The van der Waals surface area contributed by atoms with Crippen LogP contribution >= 0.6 is 11.6 Å². The van der Waals surface area contributed by atoms with Crippen molar-refractivity contribution >= 4 is 34.8 Å². The quantitative estimate of drug-likeness (QED) is 0.458. The molecule has 0 bridgehead atoms. The predicted molar refractivity (Wildman–Crippen MR) is 127 cm³/mol. The molecule has 0 saturated heterocycles. The molecule has 0 spiro atoms. The molecule has 31 heavy (non-hydrogen) atoms. The Bertz CT molecular complexity index is 1060. The number of H-pyrrole nitrogens is 1. The highest BCUT2D eigenvalue weighted by atomic mass is 35.5. The molecule has 2 N–H and O–H groups in total. The first-order chi connectivity index (χ1) is 15.1. The van der Waals surface area contributed by atoms with Crippen molar-refractivity contribution in [2.45, 2.75) is 13.8 Å². The highest BCUT2D eigenvalue weighted by Gasteiger charge is 2.19. The van der Waals surface area contributed by atoms with E-state index in [1.54, 1.807) is 33.5 Å². The molecule has 3 rings (SSSR count). The van der Waals surface area contributed by atoms with Crippen LogP contribution in [-0.4, -0.2) is 73.5 Å². The van der Waals surface area contributed by atoms with E-state index in [1.807, 2.05) is 12.3 Å². The van der Waals surface area contributed by atoms with Crippen LogP contribution in [0.3, 0.4) is 0 Å². The molecule has 0 amide bonds. The number of anilines is 1. The molecular formula is C22H29ClN6O2. The number of rotatable bonds is 10. The molecule has 0 fully saturated rings. The predicted octanol–water partition coefficient (Wildman–Crippen LogP) is 4.10. The average molecular weight is 445 g/mol. The van der Waals surface area contributed by atoms with Crippen LogP contribution in [0.25, 0.3) is 22.3 Å². The first kappa shape index (κ1) is 22.8. The highest BCUT2D eigenvalue weighted by molar-refractivity contribution is 6.34. The molecule has 0 aliphatic rings. The Kier molecular flexibility index (Phi) is 7.70. The van der Waals surface area contributed by atoms with Gasteiger partial charge in [0.05, 0.1) is 30.3 Å². The number of aliphatic imine (C=N–C) groups is 1. The number of fused-ring (bicyclic) bond motifs is 1. The fourth-order valence-corrected chi connectivity index (χ4v) is 3.72. The zero-order chi connectivity index (χ0) is 22.4. The number of nitrogens with zero attached hydrogens (tertiary/aromatic N) is 4. The lowest BCUT2D eigenvalue weighted by atomic mass is 10.1. The fraction of sp³-hybridized carbons (Fsp3) is 0.409. The molecular weight excluding hydrogens is 416 g/mol. The Hall–Kier alpha value is -2.84. The second-order valence-electron chi connectivity index (χ2n) is 6.89. The van der Waals surface area contributed by atoms with Crippen molar-refractivity contribution in [3.05, 3.63) is 28.9 Å². The third kappa shape index (κ3) is 4.91. The highest BCUT2D eigenvalue weighted by Crippen LogP contribution is 2.40. The van der Waals surface area contributed by atoms with Crippen molar-refractivity contribution < 1.29 is 9.47 Å². The van der Waals surface area contributed by atoms with E-state index < -0.39 is 0 Å². The number of aromatic nitrogens is 3. The van der Waals surface area contributed by atoms with Crippen LogP contribution in [0, 0.1) is 0 Å².